The molecule has 282 valence electrons. The molecule has 0 bridgehead atoms. The van der Waals surface area contributed by atoms with Crippen molar-refractivity contribution in [2.75, 3.05) is 27.4 Å². The minimum Gasteiger partial charge on any atom is -0.469 e. The molecule has 10 nitrogen and oxygen atoms in total. The van der Waals surface area contributed by atoms with Crippen LogP contribution < -0.4 is 10.9 Å². The molecular formula is C40H61N5O5S. The quantitative estimate of drug-likeness (QED) is 0.0382. The fourth-order valence-corrected chi connectivity index (χ4v) is 6.56. The second kappa shape index (κ2) is 23.8. The number of rotatable bonds is 19. The Balaban J connectivity index is 0.000000793. The number of hydrogen-bond donors (Lipinski definition) is 3. The number of aromatic nitrogens is 3. The Kier molecular flexibility index (Phi) is 20.3. The maximum absolute atomic E-state index is 10.3. The van der Waals surface area contributed by atoms with Gasteiger partial charge >= 0.3 is 5.97 Å². The summed E-state index contributed by atoms with van der Waals surface area (Å²) >= 11 is 1.70. The molecule has 3 N–H and O–H groups in total. The van der Waals surface area contributed by atoms with Crippen molar-refractivity contribution in [3.05, 3.63) is 58.9 Å². The minimum absolute atomic E-state index is 0.102. The third-order valence-corrected chi connectivity index (χ3v) is 9.37. The molecule has 1 amide bonds. The highest BCUT2D eigenvalue weighted by atomic mass is 32.1. The molecule has 4 rings (SSSR count). The Morgan fingerprint density at radius 2 is 1.78 bits per heavy atom. The molecule has 0 aliphatic heterocycles. The fraction of sp³-hybridized carbons (Fsp3) is 0.550. The summed E-state index contributed by atoms with van der Waals surface area (Å²) in [6.45, 7) is 14.3. The van der Waals surface area contributed by atoms with Gasteiger partial charge in [-0.1, -0.05) is 59.8 Å². The van der Waals surface area contributed by atoms with Gasteiger partial charge in [0.1, 0.15) is 5.01 Å². The number of aliphatic hydroxyl groups excluding tert-OH is 1. The van der Waals surface area contributed by atoms with Gasteiger partial charge in [-0.05, 0) is 73.9 Å². The van der Waals surface area contributed by atoms with E-state index >= 15 is 0 Å². The van der Waals surface area contributed by atoms with Gasteiger partial charge in [-0.3, -0.25) is 20.0 Å². The minimum atomic E-state index is -0.281. The number of unbranched alkanes of at least 4 members (excludes halogenated alkanes) is 5. The number of pyridine rings is 1. The number of hydrogen-bond acceptors (Lipinski definition) is 9. The average Bonchev–Trinajstić information content (AvgIpc) is 3.72. The van der Waals surface area contributed by atoms with E-state index in [-0.39, 0.29) is 18.0 Å². The second-order valence-electron chi connectivity index (χ2n) is 13.3. The number of methoxy groups -OCH3 is 2. The van der Waals surface area contributed by atoms with Crippen molar-refractivity contribution in [2.45, 2.75) is 112 Å². The first-order chi connectivity index (χ1) is 24.6. The van der Waals surface area contributed by atoms with Crippen molar-refractivity contribution in [1.29, 1.82) is 0 Å². The number of nitrogens with zero attached hydrogens (tertiary/aromatic N) is 3. The van der Waals surface area contributed by atoms with Gasteiger partial charge in [-0.25, -0.2) is 10.4 Å². The van der Waals surface area contributed by atoms with Gasteiger partial charge < -0.3 is 19.1 Å². The van der Waals surface area contributed by atoms with Crippen LogP contribution in [0.1, 0.15) is 103 Å². The lowest BCUT2D eigenvalue weighted by Crippen LogP contribution is -2.30. The van der Waals surface area contributed by atoms with Crippen molar-refractivity contribution in [3.63, 3.8) is 0 Å². The first kappa shape index (κ1) is 43.5. The van der Waals surface area contributed by atoms with Crippen molar-refractivity contribution < 1.29 is 24.2 Å². The maximum atomic E-state index is 10.3. The Morgan fingerprint density at radius 3 is 2.39 bits per heavy atom. The Hall–Kier alpha value is -3.64. The average molecular weight is 724 g/mol. The first-order valence-corrected chi connectivity index (χ1v) is 19.1. The van der Waals surface area contributed by atoms with Crippen LogP contribution in [0.2, 0.25) is 0 Å². The Morgan fingerprint density at radius 1 is 1.06 bits per heavy atom. The highest BCUT2D eigenvalue weighted by molar-refractivity contribution is 7.13. The summed E-state index contributed by atoms with van der Waals surface area (Å²) in [5, 5.41) is 14.6. The third-order valence-electron chi connectivity index (χ3n) is 8.43. The van der Waals surface area contributed by atoms with Crippen LogP contribution in [0.3, 0.4) is 0 Å². The van der Waals surface area contributed by atoms with Crippen molar-refractivity contribution in [1.82, 2.24) is 25.4 Å². The molecule has 0 aliphatic carbocycles. The Labute approximate surface area is 309 Å². The number of thiazole rings is 1. The number of amides is 1. The number of fused-ring (bicyclic) bond motifs is 1. The van der Waals surface area contributed by atoms with Gasteiger partial charge in [0.2, 0.25) is 6.41 Å². The molecule has 3 heterocycles. The van der Waals surface area contributed by atoms with Crippen LogP contribution in [0.25, 0.3) is 32.7 Å². The third kappa shape index (κ3) is 14.1. The van der Waals surface area contributed by atoms with Crippen LogP contribution in [0.4, 0.5) is 0 Å². The highest BCUT2D eigenvalue weighted by Gasteiger charge is 2.27. The van der Waals surface area contributed by atoms with E-state index in [1.165, 1.54) is 49.8 Å². The van der Waals surface area contributed by atoms with Gasteiger partial charge in [-0.15, -0.1) is 11.3 Å². The van der Waals surface area contributed by atoms with Gasteiger partial charge in [0.05, 0.1) is 30.8 Å². The van der Waals surface area contributed by atoms with Crippen LogP contribution in [0.15, 0.2) is 41.9 Å². The smallest absolute Gasteiger partial charge is 0.302 e. The van der Waals surface area contributed by atoms with E-state index in [4.69, 9.17) is 9.72 Å². The van der Waals surface area contributed by atoms with Crippen LogP contribution in [-0.4, -0.2) is 59.4 Å². The van der Waals surface area contributed by atoms with Gasteiger partial charge in [0.25, 0.3) is 0 Å². The van der Waals surface area contributed by atoms with E-state index in [1.807, 2.05) is 12.3 Å². The summed E-state index contributed by atoms with van der Waals surface area (Å²) in [4.78, 5) is 29.5. The van der Waals surface area contributed by atoms with Gasteiger partial charge in [0, 0.05) is 67.3 Å². The fourth-order valence-electron chi connectivity index (χ4n) is 5.71. The van der Waals surface area contributed by atoms with Gasteiger partial charge in [0.15, 0.2) is 0 Å². The largest absolute Gasteiger partial charge is 0.469 e. The van der Waals surface area contributed by atoms with Crippen LogP contribution in [0, 0.1) is 5.41 Å². The molecule has 0 radical (unpaired) electrons. The lowest BCUT2D eigenvalue weighted by molar-refractivity contribution is -0.137. The topological polar surface area (TPSA) is 128 Å². The summed E-state index contributed by atoms with van der Waals surface area (Å²) < 4.78 is 12.0. The molecular weight excluding hydrogens is 663 g/mol. The van der Waals surface area contributed by atoms with Crippen LogP contribution in [-0.2, 0) is 45.1 Å². The van der Waals surface area contributed by atoms with Crippen molar-refractivity contribution >= 4 is 34.6 Å². The van der Waals surface area contributed by atoms with Gasteiger partial charge in [-0.2, -0.15) is 0 Å². The van der Waals surface area contributed by atoms with E-state index in [1.54, 1.807) is 18.4 Å². The van der Waals surface area contributed by atoms with E-state index in [2.05, 4.69) is 89.4 Å². The first-order valence-electron chi connectivity index (χ1n) is 18.2. The number of carbonyl (C=O) groups is 2. The predicted molar refractivity (Wildman–Crippen MR) is 209 cm³/mol. The number of nitrogens with one attached hydrogen (secondary N) is 2. The molecule has 3 aromatic heterocycles. The predicted octanol–water partition coefficient (Wildman–Crippen LogP) is 8.28. The molecule has 0 atom stereocenters. The highest BCUT2D eigenvalue weighted by Crippen LogP contribution is 2.40. The molecule has 1 aromatic carbocycles. The number of carbonyl (C=O) groups excluding carboxylic acids is 2. The molecule has 0 fully saturated rings. The van der Waals surface area contributed by atoms with Crippen LogP contribution >= 0.6 is 11.3 Å². The van der Waals surface area contributed by atoms with E-state index in [0.29, 0.717) is 13.0 Å². The zero-order valence-electron chi connectivity index (χ0n) is 32.1. The molecule has 11 heteroatoms. The summed E-state index contributed by atoms with van der Waals surface area (Å²) in [5.41, 5.74) is 12.9. The lowest BCUT2D eigenvalue weighted by atomic mass is 9.84. The molecule has 0 aliphatic rings. The summed E-state index contributed by atoms with van der Waals surface area (Å²) in [5.74, 6) is -0.245. The van der Waals surface area contributed by atoms with E-state index in [0.717, 1.165) is 84.8 Å². The number of esters is 1. The molecule has 0 saturated carbocycles. The normalized spacial score (nSPS) is 11.0. The van der Waals surface area contributed by atoms with Crippen molar-refractivity contribution in [3.8, 4) is 21.8 Å². The summed E-state index contributed by atoms with van der Waals surface area (Å²) in [6, 6.07) is 10.8. The van der Waals surface area contributed by atoms with Crippen LogP contribution in [0.5, 0.6) is 0 Å². The standard InChI is InChI=1S/C32H43N5O3S.C5H12.C3H6O2/c1-5-37-29-14-13-23(31-36-24(20-41-31)11-8-6-7-9-16-34-35-22-39)17-26(29)27(18-32(2,3)21-38)30(37)25-12-10-15-33-28(25)19-40-4;1-3-5-4-2;1-3(4)5-2/h10,12-15,17,20,22,34,38H,5-9,11,16,18-19,21H2,1-4H3,(H,35,39);3-5H2,1-2H3;1-2H3. The summed E-state index contributed by atoms with van der Waals surface area (Å²) in [6.07, 6.45) is 12.6. The summed E-state index contributed by atoms with van der Waals surface area (Å²) in [7, 11) is 3.05. The SMILES string of the molecule is CCCCC.CCn1c(-c2cccnc2COC)c(CC(C)(C)CO)c2cc(-c3nc(CCCCCCNNC=O)cs3)ccc21.COC(C)=O. The number of aryl methyl sites for hydroxylation is 2. The maximum Gasteiger partial charge on any atom is 0.302 e. The number of benzene rings is 1. The monoisotopic (exact) mass is 723 g/mol. The molecule has 0 spiro atoms. The number of aliphatic hydroxyl groups is 1. The number of ether oxygens (including phenoxy) is 2. The zero-order chi connectivity index (χ0) is 37.6. The molecule has 4 aromatic rings. The van der Waals surface area contributed by atoms with E-state index < -0.39 is 0 Å². The molecule has 51 heavy (non-hydrogen) atoms. The van der Waals surface area contributed by atoms with Crippen molar-refractivity contribution in [2.24, 2.45) is 5.41 Å². The molecule has 0 unspecified atom stereocenters. The molecule has 0 saturated heterocycles. The Bertz CT molecular complexity index is 1600. The van der Waals surface area contributed by atoms with E-state index in [9.17, 15) is 14.7 Å². The number of hydrazine groups is 1. The second-order valence-corrected chi connectivity index (χ2v) is 14.1. The zero-order valence-corrected chi connectivity index (χ0v) is 33.0. The lowest BCUT2D eigenvalue weighted by Gasteiger charge is -2.23.